The Labute approximate surface area is 263 Å². The van der Waals surface area contributed by atoms with E-state index in [0.717, 1.165) is 55.7 Å². The van der Waals surface area contributed by atoms with Crippen molar-refractivity contribution in [2.45, 2.75) is 44.3 Å². The van der Waals surface area contributed by atoms with Crippen LogP contribution in [-0.2, 0) is 14.7 Å². The topological polar surface area (TPSA) is 40.6 Å². The molecule has 3 aliphatic rings. The first-order valence-electron chi connectivity index (χ1n) is 15.6. The minimum atomic E-state index is -0.596. The standard InChI is InChI=1S/C40H32BNO3/c1-38(2)39(3,4)45-41(44-38)32-18-10-17-31-37(32)36-27(26-22-21-25-12-11-23-42-33(25)24-26)13-9-16-30(36)40(31)28-14-5-7-19-34(28)43-35-20-8-6-15-29(35)40/h5-24H,1-4H3. The Morgan fingerprint density at radius 2 is 1.20 bits per heavy atom. The number of nitrogens with zero attached hydrogens (tertiary/aromatic N) is 1. The van der Waals surface area contributed by atoms with Gasteiger partial charge in [0, 0.05) is 22.7 Å². The van der Waals surface area contributed by atoms with Crippen molar-refractivity contribution in [1.82, 2.24) is 4.98 Å². The van der Waals surface area contributed by atoms with Gasteiger partial charge in [0.25, 0.3) is 0 Å². The van der Waals surface area contributed by atoms with Gasteiger partial charge < -0.3 is 14.0 Å². The number of hydrogen-bond acceptors (Lipinski definition) is 4. The van der Waals surface area contributed by atoms with Crippen LogP contribution < -0.4 is 10.2 Å². The SMILES string of the molecule is CC1(C)OB(c2cccc3c2-c2c(-c4ccc5cccnc5c4)cccc2C32c3ccccc3Oc3ccccc32)OC1(C)C. The van der Waals surface area contributed by atoms with Gasteiger partial charge >= 0.3 is 7.12 Å². The fourth-order valence-corrected chi connectivity index (χ4v) is 7.66. The van der Waals surface area contributed by atoms with Crippen molar-refractivity contribution in [3.8, 4) is 33.8 Å². The first-order valence-corrected chi connectivity index (χ1v) is 15.6. The fourth-order valence-electron chi connectivity index (χ4n) is 7.66. The van der Waals surface area contributed by atoms with E-state index < -0.39 is 23.7 Å². The molecular formula is C40H32BNO3. The average molecular weight is 586 g/mol. The Balaban J connectivity index is 1.41. The van der Waals surface area contributed by atoms with E-state index in [-0.39, 0.29) is 0 Å². The number of rotatable bonds is 2. The first kappa shape index (κ1) is 26.7. The van der Waals surface area contributed by atoms with Gasteiger partial charge in [-0.15, -0.1) is 0 Å². The van der Waals surface area contributed by atoms with Crippen LogP contribution in [0.15, 0.2) is 121 Å². The number of pyridine rings is 1. The maximum absolute atomic E-state index is 6.75. The Bertz CT molecular complexity index is 2120. The molecule has 1 saturated heterocycles. The minimum absolute atomic E-state index is 0.471. The Kier molecular flexibility index (Phi) is 5.43. The summed E-state index contributed by atoms with van der Waals surface area (Å²) in [5.41, 5.74) is 9.80. The molecule has 2 aliphatic heterocycles. The molecular weight excluding hydrogens is 553 g/mol. The maximum Gasteiger partial charge on any atom is 0.495 e. The molecule has 1 fully saturated rings. The molecule has 0 N–H and O–H groups in total. The van der Waals surface area contributed by atoms with Crippen LogP contribution in [-0.4, -0.2) is 23.3 Å². The summed E-state index contributed by atoms with van der Waals surface area (Å²) in [5, 5.41) is 1.12. The Hall–Kier alpha value is -4.71. The predicted octanol–water partition coefficient (Wildman–Crippen LogP) is 8.67. The molecule has 3 heterocycles. The van der Waals surface area contributed by atoms with Crippen LogP contribution >= 0.6 is 0 Å². The number of fused-ring (bicyclic) bond motifs is 10. The van der Waals surface area contributed by atoms with E-state index in [1.165, 1.54) is 16.7 Å². The van der Waals surface area contributed by atoms with Crippen molar-refractivity contribution in [1.29, 1.82) is 0 Å². The summed E-state index contributed by atoms with van der Waals surface area (Å²) in [6.45, 7) is 8.46. The molecule has 0 saturated carbocycles. The molecule has 0 bridgehead atoms. The highest BCUT2D eigenvalue weighted by Crippen LogP contribution is 2.63. The largest absolute Gasteiger partial charge is 0.495 e. The predicted molar refractivity (Wildman–Crippen MR) is 180 cm³/mol. The summed E-state index contributed by atoms with van der Waals surface area (Å²) in [7, 11) is -0.524. The molecule has 1 aliphatic carbocycles. The molecule has 218 valence electrons. The van der Waals surface area contributed by atoms with Crippen LogP contribution in [0.3, 0.4) is 0 Å². The average Bonchev–Trinajstić information content (AvgIpc) is 3.47. The second-order valence-corrected chi connectivity index (χ2v) is 13.3. The third kappa shape index (κ3) is 3.54. The summed E-state index contributed by atoms with van der Waals surface area (Å²) < 4.78 is 20.1. The van der Waals surface area contributed by atoms with Crippen molar-refractivity contribution >= 4 is 23.5 Å². The van der Waals surface area contributed by atoms with Gasteiger partial charge in [0.05, 0.1) is 22.1 Å². The molecule has 0 atom stereocenters. The second kappa shape index (κ2) is 9.16. The maximum atomic E-state index is 6.75. The van der Waals surface area contributed by atoms with Crippen LogP contribution in [0.25, 0.3) is 33.2 Å². The van der Waals surface area contributed by atoms with E-state index in [4.69, 9.17) is 19.0 Å². The highest BCUT2D eigenvalue weighted by Gasteiger charge is 2.56. The quantitative estimate of drug-likeness (QED) is 0.190. The van der Waals surface area contributed by atoms with Crippen LogP contribution in [0.4, 0.5) is 0 Å². The molecule has 9 rings (SSSR count). The van der Waals surface area contributed by atoms with Crippen molar-refractivity contribution in [3.63, 3.8) is 0 Å². The molecule has 5 heteroatoms. The lowest BCUT2D eigenvalue weighted by molar-refractivity contribution is 0.00578. The first-order chi connectivity index (χ1) is 21.8. The smallest absolute Gasteiger partial charge is 0.457 e. The molecule has 0 unspecified atom stereocenters. The second-order valence-electron chi connectivity index (χ2n) is 13.3. The van der Waals surface area contributed by atoms with Crippen LogP contribution in [0, 0.1) is 0 Å². The Morgan fingerprint density at radius 1 is 0.578 bits per heavy atom. The third-order valence-electron chi connectivity index (χ3n) is 10.4. The van der Waals surface area contributed by atoms with Crippen molar-refractivity contribution in [2.24, 2.45) is 0 Å². The lowest BCUT2D eigenvalue weighted by atomic mass is 9.65. The lowest BCUT2D eigenvalue weighted by Crippen LogP contribution is -2.41. The van der Waals surface area contributed by atoms with E-state index in [1.807, 2.05) is 12.3 Å². The van der Waals surface area contributed by atoms with Crippen molar-refractivity contribution < 1.29 is 14.0 Å². The summed E-state index contributed by atoms with van der Waals surface area (Å²) in [6.07, 6.45) is 1.86. The molecule has 0 radical (unpaired) electrons. The van der Waals surface area contributed by atoms with Gasteiger partial charge in [-0.1, -0.05) is 91.0 Å². The molecule has 5 aromatic carbocycles. The number of hydrogen-bond donors (Lipinski definition) is 0. The van der Waals surface area contributed by atoms with E-state index in [0.29, 0.717) is 0 Å². The molecule has 6 aromatic rings. The van der Waals surface area contributed by atoms with Gasteiger partial charge in [0.15, 0.2) is 0 Å². The summed E-state index contributed by atoms with van der Waals surface area (Å²) in [5.74, 6) is 1.74. The fraction of sp³-hybridized carbons (Fsp3) is 0.175. The zero-order valence-corrected chi connectivity index (χ0v) is 25.8. The lowest BCUT2D eigenvalue weighted by Gasteiger charge is -2.39. The number of benzene rings is 5. The zero-order valence-electron chi connectivity index (χ0n) is 25.8. The number of ether oxygens (including phenoxy) is 1. The van der Waals surface area contributed by atoms with Crippen molar-refractivity contribution in [3.05, 3.63) is 144 Å². The van der Waals surface area contributed by atoms with Gasteiger partial charge in [0.2, 0.25) is 0 Å². The highest BCUT2D eigenvalue weighted by molar-refractivity contribution is 6.64. The molecule has 0 amide bonds. The van der Waals surface area contributed by atoms with E-state index >= 15 is 0 Å². The van der Waals surface area contributed by atoms with Crippen LogP contribution in [0.1, 0.15) is 49.9 Å². The third-order valence-corrected chi connectivity index (χ3v) is 10.4. The summed E-state index contributed by atoms with van der Waals surface area (Å²) >= 11 is 0. The minimum Gasteiger partial charge on any atom is -0.457 e. The monoisotopic (exact) mass is 585 g/mol. The molecule has 1 spiro atoms. The van der Waals surface area contributed by atoms with Gasteiger partial charge in [-0.3, -0.25) is 4.98 Å². The van der Waals surface area contributed by atoms with Gasteiger partial charge in [-0.05, 0) is 90.8 Å². The van der Waals surface area contributed by atoms with E-state index in [2.05, 4.69) is 137 Å². The summed E-state index contributed by atoms with van der Waals surface area (Å²) in [4.78, 5) is 4.70. The molecule has 45 heavy (non-hydrogen) atoms. The van der Waals surface area contributed by atoms with E-state index in [1.54, 1.807) is 0 Å². The van der Waals surface area contributed by atoms with Crippen LogP contribution in [0.5, 0.6) is 11.5 Å². The number of para-hydroxylation sites is 2. The van der Waals surface area contributed by atoms with Crippen LogP contribution in [0.2, 0.25) is 0 Å². The van der Waals surface area contributed by atoms with Crippen molar-refractivity contribution in [2.75, 3.05) is 0 Å². The summed E-state index contributed by atoms with van der Waals surface area (Å²) in [6, 6.07) is 41.0. The van der Waals surface area contributed by atoms with Gasteiger partial charge in [-0.25, -0.2) is 0 Å². The van der Waals surface area contributed by atoms with Gasteiger partial charge in [0.1, 0.15) is 11.5 Å². The highest BCUT2D eigenvalue weighted by atomic mass is 16.7. The zero-order chi connectivity index (χ0) is 30.6. The molecule has 4 nitrogen and oxygen atoms in total. The normalized spacial score (nSPS) is 17.8. The Morgan fingerprint density at radius 3 is 1.91 bits per heavy atom. The van der Waals surface area contributed by atoms with Gasteiger partial charge in [-0.2, -0.15) is 0 Å². The number of aromatic nitrogens is 1. The molecule has 1 aromatic heterocycles. The van der Waals surface area contributed by atoms with E-state index in [9.17, 15) is 0 Å².